The van der Waals surface area contributed by atoms with Gasteiger partial charge in [-0.05, 0) is 25.1 Å². The largest absolute Gasteiger partial charge is 0.489 e. The highest BCUT2D eigenvalue weighted by molar-refractivity contribution is 6.35. The fourth-order valence-electron chi connectivity index (χ4n) is 1.39. The van der Waals surface area contributed by atoms with Gasteiger partial charge in [0, 0.05) is 11.6 Å². The Kier molecular flexibility index (Phi) is 7.69. The van der Waals surface area contributed by atoms with Crippen LogP contribution < -0.4 is 10.1 Å². The van der Waals surface area contributed by atoms with Crippen molar-refractivity contribution in [1.29, 1.82) is 0 Å². The lowest BCUT2D eigenvalue weighted by atomic mass is 10.3. The number of nitrogens with one attached hydrogen (secondary N) is 1. The van der Waals surface area contributed by atoms with Crippen molar-refractivity contribution in [1.82, 2.24) is 5.32 Å². The molecule has 7 heteroatoms. The first-order valence-electron chi connectivity index (χ1n) is 6.15. The van der Waals surface area contributed by atoms with Crippen LogP contribution in [0.15, 0.2) is 18.2 Å². The molecule has 0 radical (unpaired) electrons. The third-order valence-electron chi connectivity index (χ3n) is 2.28. The number of rotatable bonds is 8. The molecular formula is C13H17Cl2NO4. The van der Waals surface area contributed by atoms with Crippen molar-refractivity contribution in [3.05, 3.63) is 28.2 Å². The second-order valence-electron chi connectivity index (χ2n) is 3.98. The Hall–Kier alpha value is -1.01. The second kappa shape index (κ2) is 9.02. The molecule has 1 unspecified atom stereocenters. The molecule has 1 rings (SSSR count). The quantitative estimate of drug-likeness (QED) is 0.716. The average Bonchev–Trinajstić information content (AvgIpc) is 2.38. The van der Waals surface area contributed by atoms with Gasteiger partial charge in [-0.1, -0.05) is 23.2 Å². The number of esters is 1. The van der Waals surface area contributed by atoms with Crippen molar-refractivity contribution in [3.8, 4) is 5.75 Å². The Bertz CT molecular complexity index is 442. The van der Waals surface area contributed by atoms with Crippen LogP contribution in [0.5, 0.6) is 5.75 Å². The summed E-state index contributed by atoms with van der Waals surface area (Å²) in [5.41, 5.74) is 0. The molecule has 2 N–H and O–H groups in total. The Morgan fingerprint density at radius 1 is 1.45 bits per heavy atom. The number of ether oxygens (including phenoxy) is 2. The minimum Gasteiger partial charge on any atom is -0.489 e. The monoisotopic (exact) mass is 321 g/mol. The van der Waals surface area contributed by atoms with E-state index < -0.39 is 6.10 Å². The van der Waals surface area contributed by atoms with Crippen molar-refractivity contribution >= 4 is 29.2 Å². The highest BCUT2D eigenvalue weighted by atomic mass is 35.5. The number of carbonyl (C=O) groups excluding carboxylic acids is 1. The second-order valence-corrected chi connectivity index (χ2v) is 4.82. The van der Waals surface area contributed by atoms with E-state index in [1.807, 2.05) is 0 Å². The van der Waals surface area contributed by atoms with Gasteiger partial charge in [0.05, 0.1) is 18.2 Å². The lowest BCUT2D eigenvalue weighted by Crippen LogP contribution is -2.35. The van der Waals surface area contributed by atoms with Crippen molar-refractivity contribution in [2.75, 3.05) is 26.3 Å². The number of aliphatic hydroxyl groups excluding tert-OH is 1. The summed E-state index contributed by atoms with van der Waals surface area (Å²) in [6, 6.07) is 4.83. The number of aliphatic hydroxyl groups is 1. The molecule has 20 heavy (non-hydrogen) atoms. The van der Waals surface area contributed by atoms with Crippen LogP contribution in [0.3, 0.4) is 0 Å². The van der Waals surface area contributed by atoms with E-state index in [4.69, 9.17) is 32.7 Å². The van der Waals surface area contributed by atoms with Gasteiger partial charge in [0.15, 0.2) is 0 Å². The minimum absolute atomic E-state index is 0.0482. The van der Waals surface area contributed by atoms with Gasteiger partial charge >= 0.3 is 5.97 Å². The van der Waals surface area contributed by atoms with Crippen LogP contribution in [-0.2, 0) is 9.53 Å². The summed E-state index contributed by atoms with van der Waals surface area (Å²) in [6.45, 7) is 2.38. The van der Waals surface area contributed by atoms with Crippen molar-refractivity contribution < 1.29 is 19.4 Å². The first-order valence-corrected chi connectivity index (χ1v) is 6.90. The first kappa shape index (κ1) is 17.0. The van der Waals surface area contributed by atoms with Crippen molar-refractivity contribution in [3.63, 3.8) is 0 Å². The van der Waals surface area contributed by atoms with Crippen LogP contribution in [-0.4, -0.2) is 43.5 Å². The fraction of sp³-hybridized carbons (Fsp3) is 0.462. The average molecular weight is 322 g/mol. The molecule has 5 nitrogen and oxygen atoms in total. The van der Waals surface area contributed by atoms with E-state index in [2.05, 4.69) is 5.32 Å². The molecule has 0 spiro atoms. The fourth-order valence-corrected chi connectivity index (χ4v) is 1.85. The summed E-state index contributed by atoms with van der Waals surface area (Å²) in [5, 5.41) is 13.4. The summed E-state index contributed by atoms with van der Waals surface area (Å²) in [6.07, 6.45) is -0.767. The van der Waals surface area contributed by atoms with E-state index >= 15 is 0 Å². The molecule has 0 saturated carbocycles. The molecule has 1 atom stereocenters. The van der Waals surface area contributed by atoms with E-state index in [9.17, 15) is 9.90 Å². The van der Waals surface area contributed by atoms with E-state index in [-0.39, 0.29) is 25.7 Å². The third-order valence-corrected chi connectivity index (χ3v) is 2.81. The van der Waals surface area contributed by atoms with Gasteiger partial charge in [0.25, 0.3) is 0 Å². The molecule has 0 saturated heterocycles. The summed E-state index contributed by atoms with van der Waals surface area (Å²) < 4.78 is 10.1. The summed E-state index contributed by atoms with van der Waals surface area (Å²) in [7, 11) is 0. The zero-order valence-corrected chi connectivity index (χ0v) is 12.6. The zero-order chi connectivity index (χ0) is 15.0. The van der Waals surface area contributed by atoms with Gasteiger partial charge in [0.1, 0.15) is 18.5 Å². The van der Waals surface area contributed by atoms with Gasteiger partial charge < -0.3 is 19.9 Å². The number of carbonyl (C=O) groups is 1. The van der Waals surface area contributed by atoms with E-state index in [0.29, 0.717) is 22.4 Å². The molecule has 1 aromatic carbocycles. The van der Waals surface area contributed by atoms with E-state index in [1.165, 1.54) is 0 Å². The molecule has 0 fully saturated rings. The summed E-state index contributed by atoms with van der Waals surface area (Å²) in [5.74, 6) is 0.0851. The van der Waals surface area contributed by atoms with Crippen LogP contribution in [0.4, 0.5) is 0 Å². The van der Waals surface area contributed by atoms with E-state index in [0.717, 1.165) is 0 Å². The molecule has 112 valence electrons. The van der Waals surface area contributed by atoms with Gasteiger partial charge in [-0.2, -0.15) is 0 Å². The Morgan fingerprint density at radius 2 is 2.20 bits per heavy atom. The summed E-state index contributed by atoms with van der Waals surface area (Å²) >= 11 is 11.7. The Labute approximate surface area is 127 Å². The summed E-state index contributed by atoms with van der Waals surface area (Å²) in [4.78, 5) is 11.1. The molecule has 0 aromatic heterocycles. The number of hydrogen-bond donors (Lipinski definition) is 2. The van der Waals surface area contributed by atoms with Crippen LogP contribution in [0.25, 0.3) is 0 Å². The predicted molar refractivity (Wildman–Crippen MR) is 77.5 cm³/mol. The van der Waals surface area contributed by atoms with Crippen LogP contribution >= 0.6 is 23.2 Å². The lowest BCUT2D eigenvalue weighted by molar-refractivity contribution is -0.142. The van der Waals surface area contributed by atoms with Crippen LogP contribution in [0.2, 0.25) is 10.0 Å². The van der Waals surface area contributed by atoms with Crippen LogP contribution in [0, 0.1) is 0 Å². The van der Waals surface area contributed by atoms with Crippen molar-refractivity contribution in [2.45, 2.75) is 13.0 Å². The molecule has 0 amide bonds. The van der Waals surface area contributed by atoms with Gasteiger partial charge in [0.2, 0.25) is 0 Å². The lowest BCUT2D eigenvalue weighted by Gasteiger charge is -2.14. The smallest absolute Gasteiger partial charge is 0.319 e. The molecule has 0 bridgehead atoms. The maximum Gasteiger partial charge on any atom is 0.319 e. The van der Waals surface area contributed by atoms with Gasteiger partial charge in [-0.3, -0.25) is 4.79 Å². The Balaban J connectivity index is 2.26. The molecular weight excluding hydrogens is 305 g/mol. The van der Waals surface area contributed by atoms with Gasteiger partial charge in [-0.15, -0.1) is 0 Å². The predicted octanol–water partition coefficient (Wildman–Crippen LogP) is 1.89. The topological polar surface area (TPSA) is 67.8 Å². The maximum absolute atomic E-state index is 11.1. The molecule has 0 heterocycles. The number of hydrogen-bond acceptors (Lipinski definition) is 5. The first-order chi connectivity index (χ1) is 9.52. The number of benzene rings is 1. The third kappa shape index (κ3) is 6.43. The molecule has 0 aliphatic carbocycles. The highest BCUT2D eigenvalue weighted by Gasteiger charge is 2.09. The number of halogens is 2. The maximum atomic E-state index is 11.1. The normalized spacial score (nSPS) is 12.0. The van der Waals surface area contributed by atoms with Crippen LogP contribution in [0.1, 0.15) is 6.92 Å². The SMILES string of the molecule is CCOC(=O)CNCC(O)COc1ccc(Cl)cc1Cl. The van der Waals surface area contributed by atoms with Gasteiger partial charge in [-0.25, -0.2) is 0 Å². The Morgan fingerprint density at radius 3 is 2.85 bits per heavy atom. The zero-order valence-electron chi connectivity index (χ0n) is 11.1. The molecule has 0 aliphatic rings. The van der Waals surface area contributed by atoms with Crippen molar-refractivity contribution in [2.24, 2.45) is 0 Å². The molecule has 0 aliphatic heterocycles. The standard InChI is InChI=1S/C13H17Cl2NO4/c1-2-19-13(18)7-16-6-10(17)8-20-12-4-3-9(14)5-11(12)15/h3-5,10,16-17H,2,6-8H2,1H3. The minimum atomic E-state index is -0.767. The molecule has 1 aromatic rings. The highest BCUT2D eigenvalue weighted by Crippen LogP contribution is 2.27. The van der Waals surface area contributed by atoms with E-state index in [1.54, 1.807) is 25.1 Å².